The maximum atomic E-state index is 15.5. The van der Waals surface area contributed by atoms with Crippen LogP contribution in [0.3, 0.4) is 0 Å². The molecule has 4 rings (SSSR count). The minimum Gasteiger partial charge on any atom is -0.472 e. The molecule has 1 saturated carbocycles. The number of alkyl halides is 3. The van der Waals surface area contributed by atoms with E-state index in [2.05, 4.69) is 15.0 Å². The van der Waals surface area contributed by atoms with Crippen LogP contribution in [0.1, 0.15) is 31.5 Å². The zero-order valence-corrected chi connectivity index (χ0v) is 17.9. The van der Waals surface area contributed by atoms with Gasteiger partial charge in [0.25, 0.3) is 5.88 Å². The number of fused-ring (bicyclic) bond motifs is 1. The van der Waals surface area contributed by atoms with E-state index in [1.54, 1.807) is 23.8 Å². The molecule has 6 nitrogen and oxygen atoms in total. The van der Waals surface area contributed by atoms with Gasteiger partial charge in [-0.05, 0) is 38.7 Å². The zero-order chi connectivity index (χ0) is 23.0. The Hall–Kier alpha value is -2.46. The van der Waals surface area contributed by atoms with E-state index in [9.17, 15) is 18.3 Å². The molecule has 0 radical (unpaired) electrons. The van der Waals surface area contributed by atoms with Crippen LogP contribution in [0.25, 0.3) is 22.2 Å². The van der Waals surface area contributed by atoms with Gasteiger partial charge in [-0.1, -0.05) is 11.6 Å². The third-order valence-electron chi connectivity index (χ3n) is 5.69. The molecule has 0 aliphatic heterocycles. The lowest BCUT2D eigenvalue weighted by atomic mass is 9.87. The molecule has 0 bridgehead atoms. The smallest absolute Gasteiger partial charge is 0.391 e. The Morgan fingerprint density at radius 2 is 1.94 bits per heavy atom. The summed E-state index contributed by atoms with van der Waals surface area (Å²) >= 11 is 6.29. The lowest BCUT2D eigenvalue weighted by molar-refractivity contribution is -0.185. The largest absolute Gasteiger partial charge is 0.472 e. The molecule has 1 N–H and O–H groups in total. The van der Waals surface area contributed by atoms with E-state index in [1.165, 1.54) is 6.20 Å². The molecular formula is C21H21ClF4N4O2. The minimum atomic E-state index is -4.23. The Morgan fingerprint density at radius 1 is 1.22 bits per heavy atom. The number of aromatic nitrogens is 4. The molecule has 1 aliphatic rings. The predicted octanol–water partition coefficient (Wildman–Crippen LogP) is 5.09. The number of rotatable bonds is 5. The zero-order valence-electron chi connectivity index (χ0n) is 17.2. The van der Waals surface area contributed by atoms with Crippen LogP contribution in [0.4, 0.5) is 17.6 Å². The second kappa shape index (κ2) is 8.82. The van der Waals surface area contributed by atoms with E-state index in [1.807, 2.05) is 0 Å². The first-order valence-electron chi connectivity index (χ1n) is 10.2. The number of aryl methyl sites for hydroxylation is 1. The number of hydrogen-bond acceptors (Lipinski definition) is 5. The number of nitrogens with zero attached hydrogens (tertiary/aromatic N) is 4. The number of pyridine rings is 1. The van der Waals surface area contributed by atoms with Gasteiger partial charge in [0.1, 0.15) is 22.8 Å². The Balaban J connectivity index is 1.68. The first kappa shape index (κ1) is 22.7. The van der Waals surface area contributed by atoms with Crippen molar-refractivity contribution in [3.05, 3.63) is 35.3 Å². The summed E-state index contributed by atoms with van der Waals surface area (Å²) in [6.07, 6.45) is -1.48. The first-order valence-corrected chi connectivity index (χ1v) is 10.6. The van der Waals surface area contributed by atoms with E-state index in [-0.39, 0.29) is 61.4 Å². The topological polar surface area (TPSA) is 73.1 Å². The van der Waals surface area contributed by atoms with Crippen LogP contribution >= 0.6 is 11.6 Å². The second-order valence-corrected chi connectivity index (χ2v) is 8.19. The number of halogens is 5. The molecular weight excluding hydrogens is 452 g/mol. The van der Waals surface area contributed by atoms with E-state index in [4.69, 9.17) is 16.3 Å². The quantitative estimate of drug-likeness (QED) is 0.414. The summed E-state index contributed by atoms with van der Waals surface area (Å²) in [6, 6.07) is 1.70. The van der Waals surface area contributed by atoms with Crippen LogP contribution in [0.2, 0.25) is 5.15 Å². The third-order valence-corrected chi connectivity index (χ3v) is 5.98. The summed E-state index contributed by atoms with van der Waals surface area (Å²) in [5.74, 6) is -2.24. The van der Waals surface area contributed by atoms with Gasteiger partial charge in [-0.2, -0.15) is 22.5 Å². The molecule has 3 heterocycles. The van der Waals surface area contributed by atoms with Crippen molar-refractivity contribution in [1.29, 1.82) is 0 Å². The Bertz CT molecular complexity index is 1130. The molecule has 32 heavy (non-hydrogen) atoms. The van der Waals surface area contributed by atoms with Crippen LogP contribution in [-0.2, 0) is 6.54 Å². The average Bonchev–Trinajstić information content (AvgIpc) is 3.10. The van der Waals surface area contributed by atoms with Crippen LogP contribution in [0.5, 0.6) is 5.88 Å². The molecule has 1 fully saturated rings. The first-order chi connectivity index (χ1) is 15.2. The molecule has 0 aromatic carbocycles. The molecule has 11 heteroatoms. The molecule has 0 saturated heterocycles. The highest BCUT2D eigenvalue weighted by Gasteiger charge is 2.42. The van der Waals surface area contributed by atoms with Gasteiger partial charge in [0.2, 0.25) is 5.82 Å². The summed E-state index contributed by atoms with van der Waals surface area (Å²) in [4.78, 5) is 12.3. The third kappa shape index (κ3) is 4.38. The fraction of sp³-hybridized carbons (Fsp3) is 0.476. The molecule has 0 unspecified atom stereocenters. The molecule has 0 amide bonds. The van der Waals surface area contributed by atoms with Crippen LogP contribution in [0, 0.1) is 18.7 Å². The fourth-order valence-electron chi connectivity index (χ4n) is 4.13. The van der Waals surface area contributed by atoms with Crippen LogP contribution in [-0.4, -0.2) is 43.5 Å². The van der Waals surface area contributed by atoms with Gasteiger partial charge in [0.15, 0.2) is 0 Å². The van der Waals surface area contributed by atoms with Gasteiger partial charge in [-0.15, -0.1) is 0 Å². The maximum Gasteiger partial charge on any atom is 0.391 e. The molecule has 0 atom stereocenters. The van der Waals surface area contributed by atoms with Gasteiger partial charge in [0, 0.05) is 29.9 Å². The van der Waals surface area contributed by atoms with E-state index in [0.717, 1.165) is 0 Å². The van der Waals surface area contributed by atoms with Crippen molar-refractivity contribution in [2.24, 2.45) is 5.92 Å². The predicted molar refractivity (Wildman–Crippen MR) is 110 cm³/mol. The number of aliphatic hydroxyl groups excluding tert-OH is 1. The SMILES string of the molecule is Cc1nc(OC2CCC(C(F)(F)F)CC2)c(F)c(-c2cn(CCO)c3ccnc(Cl)c23)n1. The summed E-state index contributed by atoms with van der Waals surface area (Å²) in [7, 11) is 0. The van der Waals surface area contributed by atoms with E-state index >= 15 is 4.39 Å². The molecule has 3 aromatic rings. The minimum absolute atomic E-state index is 0.0481. The van der Waals surface area contributed by atoms with Crippen molar-refractivity contribution < 1.29 is 27.4 Å². The van der Waals surface area contributed by atoms with E-state index in [0.29, 0.717) is 16.5 Å². The number of ether oxygens (including phenoxy) is 1. The highest BCUT2D eigenvalue weighted by atomic mass is 35.5. The van der Waals surface area contributed by atoms with Gasteiger partial charge in [-0.3, -0.25) is 0 Å². The normalized spacial score (nSPS) is 19.5. The van der Waals surface area contributed by atoms with Gasteiger partial charge in [-0.25, -0.2) is 9.97 Å². The number of aliphatic hydroxyl groups is 1. The van der Waals surface area contributed by atoms with Gasteiger partial charge in [0.05, 0.1) is 18.0 Å². The summed E-state index contributed by atoms with van der Waals surface area (Å²) in [6.45, 7) is 1.70. The fourth-order valence-corrected chi connectivity index (χ4v) is 4.39. The van der Waals surface area contributed by atoms with Crippen molar-refractivity contribution in [3.63, 3.8) is 0 Å². The summed E-state index contributed by atoms with van der Waals surface area (Å²) < 4.78 is 61.6. The van der Waals surface area contributed by atoms with Gasteiger partial charge >= 0.3 is 6.18 Å². The second-order valence-electron chi connectivity index (χ2n) is 7.83. The lowest BCUT2D eigenvalue weighted by Crippen LogP contribution is -2.32. The van der Waals surface area contributed by atoms with Crippen molar-refractivity contribution in [1.82, 2.24) is 19.5 Å². The number of hydrogen-bond donors (Lipinski definition) is 1. The van der Waals surface area contributed by atoms with Crippen LogP contribution in [0.15, 0.2) is 18.5 Å². The van der Waals surface area contributed by atoms with Crippen molar-refractivity contribution in [2.45, 2.75) is 51.4 Å². The van der Waals surface area contributed by atoms with Crippen molar-refractivity contribution in [2.75, 3.05) is 6.61 Å². The monoisotopic (exact) mass is 472 g/mol. The molecule has 0 spiro atoms. The Kier molecular flexibility index (Phi) is 6.26. The lowest BCUT2D eigenvalue weighted by Gasteiger charge is -2.30. The highest BCUT2D eigenvalue weighted by molar-refractivity contribution is 6.35. The molecule has 172 valence electrons. The molecule has 3 aromatic heterocycles. The Labute approximate surface area is 186 Å². The highest BCUT2D eigenvalue weighted by Crippen LogP contribution is 2.40. The molecule has 1 aliphatic carbocycles. The van der Waals surface area contributed by atoms with Crippen molar-refractivity contribution >= 4 is 22.5 Å². The standard InChI is InChI=1S/C21H21ClF4N4O2/c1-11-28-18(14-10-30(8-9-31)15-6-7-27-19(22)16(14)15)17(23)20(29-11)32-13-4-2-12(3-5-13)21(24,25)26/h6-7,10,12-13,31H,2-5,8-9H2,1H3. The van der Waals surface area contributed by atoms with Gasteiger partial charge < -0.3 is 14.4 Å². The summed E-state index contributed by atoms with van der Waals surface area (Å²) in [5, 5.41) is 9.98. The van der Waals surface area contributed by atoms with Crippen molar-refractivity contribution in [3.8, 4) is 17.1 Å². The Morgan fingerprint density at radius 3 is 2.59 bits per heavy atom. The van der Waals surface area contributed by atoms with E-state index < -0.39 is 24.0 Å². The van der Waals surface area contributed by atoms with Crippen LogP contribution < -0.4 is 4.74 Å². The summed E-state index contributed by atoms with van der Waals surface area (Å²) in [5.41, 5.74) is 0.964. The average molecular weight is 473 g/mol. The maximum absolute atomic E-state index is 15.5.